The Labute approximate surface area is 95.6 Å². The number of nitriles is 1. The summed E-state index contributed by atoms with van der Waals surface area (Å²) in [4.78, 5) is 8.43. The number of hydrogen-bond donors (Lipinski definition) is 0. The van der Waals surface area contributed by atoms with Crippen molar-refractivity contribution in [3.05, 3.63) is 46.7 Å². The lowest BCUT2D eigenvalue weighted by Crippen LogP contribution is -1.88. The molecule has 0 saturated heterocycles. The van der Waals surface area contributed by atoms with Crippen molar-refractivity contribution in [1.82, 2.24) is 9.97 Å². The zero-order valence-electron chi connectivity index (χ0n) is 7.68. The summed E-state index contributed by atoms with van der Waals surface area (Å²) in [5, 5.41) is 8.76. The van der Waals surface area contributed by atoms with Crippen molar-refractivity contribution in [2.24, 2.45) is 0 Å². The second kappa shape index (κ2) is 4.20. The maximum absolute atomic E-state index is 8.76. The van der Waals surface area contributed by atoms with E-state index < -0.39 is 0 Å². The van der Waals surface area contributed by atoms with Crippen LogP contribution in [0.15, 0.2) is 41.1 Å². The zero-order valence-corrected chi connectivity index (χ0v) is 9.27. The monoisotopic (exact) mass is 259 g/mol. The lowest BCUT2D eigenvalue weighted by atomic mass is 10.2. The Morgan fingerprint density at radius 2 is 2.07 bits per heavy atom. The summed E-state index contributed by atoms with van der Waals surface area (Å²) in [7, 11) is 0. The Kier molecular flexibility index (Phi) is 2.75. The molecule has 0 unspecified atom stereocenters. The molecule has 2 rings (SSSR count). The number of pyridine rings is 2. The average molecular weight is 260 g/mol. The first kappa shape index (κ1) is 9.81. The molecule has 3 nitrogen and oxygen atoms in total. The van der Waals surface area contributed by atoms with Crippen molar-refractivity contribution in [2.75, 3.05) is 0 Å². The highest BCUT2D eigenvalue weighted by Crippen LogP contribution is 2.17. The molecule has 2 aromatic heterocycles. The van der Waals surface area contributed by atoms with Gasteiger partial charge in [0, 0.05) is 6.20 Å². The van der Waals surface area contributed by atoms with E-state index in [1.54, 1.807) is 18.3 Å². The Balaban J connectivity index is 2.50. The molecule has 0 bridgehead atoms. The van der Waals surface area contributed by atoms with Crippen LogP contribution in [0.3, 0.4) is 0 Å². The Morgan fingerprint density at radius 1 is 1.20 bits per heavy atom. The first-order valence-electron chi connectivity index (χ1n) is 4.28. The van der Waals surface area contributed by atoms with Crippen LogP contribution in [0, 0.1) is 11.3 Å². The van der Waals surface area contributed by atoms with E-state index in [-0.39, 0.29) is 0 Å². The molecular formula is C11H6BrN3. The van der Waals surface area contributed by atoms with Crippen molar-refractivity contribution >= 4 is 15.9 Å². The van der Waals surface area contributed by atoms with E-state index in [1.807, 2.05) is 18.2 Å². The van der Waals surface area contributed by atoms with Crippen molar-refractivity contribution in [3.8, 4) is 17.5 Å². The Morgan fingerprint density at radius 3 is 2.80 bits per heavy atom. The van der Waals surface area contributed by atoms with Gasteiger partial charge in [-0.15, -0.1) is 0 Å². The third-order valence-electron chi connectivity index (χ3n) is 1.87. The van der Waals surface area contributed by atoms with Gasteiger partial charge in [-0.25, -0.2) is 4.98 Å². The van der Waals surface area contributed by atoms with Gasteiger partial charge in [0.15, 0.2) is 0 Å². The standard InChI is InChI=1S/C11H6BrN3/c12-11-3-1-2-9(15-11)10-6-8(7-13)4-5-14-10/h1-6H. The number of nitrogens with zero attached hydrogens (tertiary/aromatic N) is 3. The summed E-state index contributed by atoms with van der Waals surface area (Å²) in [6.45, 7) is 0. The van der Waals surface area contributed by atoms with Gasteiger partial charge in [0.1, 0.15) is 4.60 Å². The van der Waals surface area contributed by atoms with Crippen molar-refractivity contribution in [2.45, 2.75) is 0 Å². The van der Waals surface area contributed by atoms with Crippen LogP contribution < -0.4 is 0 Å². The van der Waals surface area contributed by atoms with Crippen LogP contribution in [0.1, 0.15) is 5.56 Å². The van der Waals surface area contributed by atoms with Crippen LogP contribution in [0.4, 0.5) is 0 Å². The van der Waals surface area contributed by atoms with Gasteiger partial charge in [-0.2, -0.15) is 5.26 Å². The molecule has 0 saturated carbocycles. The van der Waals surface area contributed by atoms with E-state index in [0.29, 0.717) is 11.3 Å². The van der Waals surface area contributed by atoms with E-state index >= 15 is 0 Å². The summed E-state index contributed by atoms with van der Waals surface area (Å²) in [6.07, 6.45) is 1.61. The van der Waals surface area contributed by atoms with Gasteiger partial charge >= 0.3 is 0 Å². The van der Waals surface area contributed by atoms with Gasteiger partial charge in [0.2, 0.25) is 0 Å². The van der Waals surface area contributed by atoms with Gasteiger partial charge in [0.05, 0.1) is 23.0 Å². The summed E-state index contributed by atoms with van der Waals surface area (Å²) >= 11 is 3.29. The molecule has 72 valence electrons. The van der Waals surface area contributed by atoms with E-state index in [9.17, 15) is 0 Å². The summed E-state index contributed by atoms with van der Waals surface area (Å²) < 4.78 is 0.754. The van der Waals surface area contributed by atoms with Crippen LogP contribution >= 0.6 is 15.9 Å². The molecule has 0 atom stereocenters. The van der Waals surface area contributed by atoms with Gasteiger partial charge in [0.25, 0.3) is 0 Å². The number of halogens is 1. The second-order valence-corrected chi connectivity index (χ2v) is 3.70. The quantitative estimate of drug-likeness (QED) is 0.741. The molecule has 0 aromatic carbocycles. The fourth-order valence-electron chi connectivity index (χ4n) is 1.19. The molecule has 15 heavy (non-hydrogen) atoms. The van der Waals surface area contributed by atoms with Crippen LogP contribution in [0.5, 0.6) is 0 Å². The summed E-state index contributed by atoms with van der Waals surface area (Å²) in [6, 6.07) is 11.0. The minimum absolute atomic E-state index is 0.585. The van der Waals surface area contributed by atoms with Gasteiger partial charge in [-0.05, 0) is 40.2 Å². The van der Waals surface area contributed by atoms with Gasteiger partial charge in [-0.1, -0.05) is 6.07 Å². The van der Waals surface area contributed by atoms with E-state index in [2.05, 4.69) is 32.0 Å². The van der Waals surface area contributed by atoms with Crippen molar-refractivity contribution < 1.29 is 0 Å². The normalized spacial score (nSPS) is 9.60. The van der Waals surface area contributed by atoms with Crippen molar-refractivity contribution in [3.63, 3.8) is 0 Å². The van der Waals surface area contributed by atoms with Crippen molar-refractivity contribution in [1.29, 1.82) is 5.26 Å². The number of aromatic nitrogens is 2. The highest BCUT2D eigenvalue weighted by Gasteiger charge is 2.02. The highest BCUT2D eigenvalue weighted by molar-refractivity contribution is 9.10. The van der Waals surface area contributed by atoms with Crippen LogP contribution in [-0.4, -0.2) is 9.97 Å². The first-order valence-corrected chi connectivity index (χ1v) is 5.08. The topological polar surface area (TPSA) is 49.6 Å². The van der Waals surface area contributed by atoms with Gasteiger partial charge < -0.3 is 0 Å². The maximum Gasteiger partial charge on any atom is 0.106 e. The molecule has 2 heterocycles. The number of rotatable bonds is 1. The van der Waals surface area contributed by atoms with E-state index in [4.69, 9.17) is 5.26 Å². The predicted octanol–water partition coefficient (Wildman–Crippen LogP) is 2.78. The average Bonchev–Trinajstić information content (AvgIpc) is 2.29. The minimum Gasteiger partial charge on any atom is -0.255 e. The maximum atomic E-state index is 8.76. The lowest BCUT2D eigenvalue weighted by Gasteiger charge is -2.00. The molecule has 0 fully saturated rings. The Hall–Kier alpha value is -1.73. The molecule has 0 aliphatic rings. The molecule has 0 radical (unpaired) electrons. The van der Waals surface area contributed by atoms with E-state index in [1.165, 1.54) is 0 Å². The minimum atomic E-state index is 0.585. The number of hydrogen-bond acceptors (Lipinski definition) is 3. The van der Waals surface area contributed by atoms with Crippen LogP contribution in [0.25, 0.3) is 11.4 Å². The molecule has 0 amide bonds. The zero-order chi connectivity index (χ0) is 10.7. The molecule has 0 spiro atoms. The largest absolute Gasteiger partial charge is 0.255 e. The predicted molar refractivity (Wildman–Crippen MR) is 59.9 cm³/mol. The molecule has 0 aliphatic heterocycles. The van der Waals surface area contributed by atoms with Crippen LogP contribution in [0.2, 0.25) is 0 Å². The SMILES string of the molecule is N#Cc1ccnc(-c2cccc(Br)n2)c1. The summed E-state index contributed by atoms with van der Waals surface area (Å²) in [5.74, 6) is 0. The first-order chi connectivity index (χ1) is 7.29. The second-order valence-electron chi connectivity index (χ2n) is 2.89. The highest BCUT2D eigenvalue weighted by atomic mass is 79.9. The molecular weight excluding hydrogens is 254 g/mol. The summed E-state index contributed by atoms with van der Waals surface area (Å²) in [5.41, 5.74) is 2.04. The smallest absolute Gasteiger partial charge is 0.106 e. The molecule has 2 aromatic rings. The van der Waals surface area contributed by atoms with E-state index in [0.717, 1.165) is 10.3 Å². The van der Waals surface area contributed by atoms with Crippen LogP contribution in [-0.2, 0) is 0 Å². The third-order valence-corrected chi connectivity index (χ3v) is 2.31. The fraction of sp³-hybridized carbons (Fsp3) is 0. The molecule has 0 aliphatic carbocycles. The molecule has 4 heteroatoms. The lowest BCUT2D eigenvalue weighted by molar-refractivity contribution is 1.22. The van der Waals surface area contributed by atoms with Gasteiger partial charge in [-0.3, -0.25) is 4.98 Å². The Bertz CT molecular complexity index is 531. The third kappa shape index (κ3) is 2.20. The fourth-order valence-corrected chi connectivity index (χ4v) is 1.53. The molecule has 0 N–H and O–H groups in total.